The third-order valence-electron chi connectivity index (χ3n) is 5.21. The molecule has 2 rings (SSSR count). The highest BCUT2D eigenvalue weighted by Gasteiger charge is 2.46. The number of rotatable bonds is 8. The van der Waals surface area contributed by atoms with Crippen LogP contribution in [0.5, 0.6) is 0 Å². The zero-order valence-electron chi connectivity index (χ0n) is 12.1. The Morgan fingerprint density at radius 2 is 2.00 bits per heavy atom. The molecule has 4 heteroatoms. The number of amides is 1. The Bertz CT molecular complexity index is 305. The largest absolute Gasteiger partial charge is 0.381 e. The number of carbonyl (C=O) groups excluding carboxylic acids is 1. The van der Waals surface area contributed by atoms with Gasteiger partial charge in [-0.15, -0.1) is 0 Å². The normalized spacial score (nSPS) is 31.3. The lowest BCUT2D eigenvalue weighted by Gasteiger charge is -2.32. The molecule has 0 aromatic rings. The first-order chi connectivity index (χ1) is 9.19. The van der Waals surface area contributed by atoms with Crippen LogP contribution in [0.3, 0.4) is 0 Å². The highest BCUT2D eigenvalue weighted by molar-refractivity contribution is 5.85. The summed E-state index contributed by atoms with van der Waals surface area (Å²) in [5.41, 5.74) is 5.10. The van der Waals surface area contributed by atoms with Gasteiger partial charge < -0.3 is 15.8 Å². The lowest BCUT2D eigenvalue weighted by molar-refractivity contribution is -0.125. The van der Waals surface area contributed by atoms with Crippen LogP contribution >= 0.6 is 0 Å². The van der Waals surface area contributed by atoms with Gasteiger partial charge in [0.1, 0.15) is 5.54 Å². The molecule has 0 aromatic heterocycles. The maximum absolute atomic E-state index is 11.7. The molecule has 0 heterocycles. The first kappa shape index (κ1) is 14.8. The fourth-order valence-electron chi connectivity index (χ4n) is 3.60. The standard InChI is InChI=1S/C15H28N2O2/c1-17-15(14(16)18)9-3-6-13(15)8-11-19-10-7-12-4-2-5-12/h12-13,17H,2-11H2,1H3,(H2,16,18). The average Bonchev–Trinajstić information content (AvgIpc) is 2.75. The Hall–Kier alpha value is -0.610. The molecule has 0 radical (unpaired) electrons. The van der Waals surface area contributed by atoms with Crippen LogP contribution in [0.15, 0.2) is 0 Å². The zero-order chi connectivity index (χ0) is 13.7. The van der Waals surface area contributed by atoms with Crippen LogP contribution in [-0.2, 0) is 9.53 Å². The number of hydrogen-bond donors (Lipinski definition) is 2. The van der Waals surface area contributed by atoms with Crippen molar-refractivity contribution in [3.05, 3.63) is 0 Å². The van der Waals surface area contributed by atoms with Crippen LogP contribution in [0, 0.1) is 11.8 Å². The van der Waals surface area contributed by atoms with Crippen molar-refractivity contribution in [2.24, 2.45) is 17.6 Å². The SMILES string of the molecule is CNC1(C(N)=O)CCCC1CCOCCC1CCC1. The summed E-state index contributed by atoms with van der Waals surface area (Å²) in [5.74, 6) is 1.04. The van der Waals surface area contributed by atoms with E-state index in [1.54, 1.807) is 0 Å². The molecule has 2 atom stereocenters. The second-order valence-electron chi connectivity index (χ2n) is 6.16. The quantitative estimate of drug-likeness (QED) is 0.660. The number of ether oxygens (including phenoxy) is 1. The predicted octanol–water partition coefficient (Wildman–Crippen LogP) is 1.83. The summed E-state index contributed by atoms with van der Waals surface area (Å²) in [6.07, 6.45) is 9.34. The van der Waals surface area contributed by atoms with Crippen LogP contribution in [0.25, 0.3) is 0 Å². The summed E-state index contributed by atoms with van der Waals surface area (Å²) < 4.78 is 5.74. The smallest absolute Gasteiger partial charge is 0.238 e. The van der Waals surface area contributed by atoms with E-state index in [0.29, 0.717) is 5.92 Å². The average molecular weight is 268 g/mol. The van der Waals surface area contributed by atoms with Gasteiger partial charge >= 0.3 is 0 Å². The van der Waals surface area contributed by atoms with Gasteiger partial charge in [0, 0.05) is 13.2 Å². The van der Waals surface area contributed by atoms with E-state index in [0.717, 1.165) is 44.8 Å². The van der Waals surface area contributed by atoms with E-state index >= 15 is 0 Å². The molecule has 0 saturated heterocycles. The molecule has 0 aliphatic heterocycles. The van der Waals surface area contributed by atoms with Crippen molar-refractivity contribution >= 4 is 5.91 Å². The first-order valence-electron chi connectivity index (χ1n) is 7.75. The fourth-order valence-corrected chi connectivity index (χ4v) is 3.60. The molecule has 4 nitrogen and oxygen atoms in total. The number of nitrogens with two attached hydrogens (primary N) is 1. The van der Waals surface area contributed by atoms with Crippen LogP contribution in [0.1, 0.15) is 51.4 Å². The van der Waals surface area contributed by atoms with Crippen LogP contribution < -0.4 is 11.1 Å². The van der Waals surface area contributed by atoms with Gasteiger partial charge in [0.2, 0.25) is 5.91 Å². The first-order valence-corrected chi connectivity index (χ1v) is 7.75. The van der Waals surface area contributed by atoms with Crippen LogP contribution in [0.4, 0.5) is 0 Å². The third kappa shape index (κ3) is 3.29. The van der Waals surface area contributed by atoms with Gasteiger partial charge in [0.25, 0.3) is 0 Å². The molecule has 3 N–H and O–H groups in total. The highest BCUT2D eigenvalue weighted by Crippen LogP contribution is 2.37. The summed E-state index contributed by atoms with van der Waals surface area (Å²) in [7, 11) is 1.85. The lowest BCUT2D eigenvalue weighted by atomic mass is 9.83. The summed E-state index contributed by atoms with van der Waals surface area (Å²) in [4.78, 5) is 11.7. The molecule has 0 spiro atoms. The van der Waals surface area contributed by atoms with E-state index in [2.05, 4.69) is 5.32 Å². The van der Waals surface area contributed by atoms with Crippen LogP contribution in [0.2, 0.25) is 0 Å². The minimum Gasteiger partial charge on any atom is -0.381 e. The fraction of sp³-hybridized carbons (Fsp3) is 0.933. The third-order valence-corrected chi connectivity index (χ3v) is 5.21. The van der Waals surface area contributed by atoms with E-state index < -0.39 is 5.54 Å². The number of hydrogen-bond acceptors (Lipinski definition) is 3. The Morgan fingerprint density at radius 3 is 2.58 bits per heavy atom. The maximum atomic E-state index is 11.7. The summed E-state index contributed by atoms with van der Waals surface area (Å²) in [5, 5.41) is 3.17. The van der Waals surface area contributed by atoms with Gasteiger partial charge in [-0.05, 0) is 44.6 Å². The second kappa shape index (κ2) is 6.71. The summed E-state index contributed by atoms with van der Waals surface area (Å²) >= 11 is 0. The van der Waals surface area contributed by atoms with Gasteiger partial charge in [-0.25, -0.2) is 0 Å². The molecular formula is C15H28N2O2. The van der Waals surface area contributed by atoms with Crippen LogP contribution in [-0.4, -0.2) is 31.7 Å². The van der Waals surface area contributed by atoms with Crippen molar-refractivity contribution < 1.29 is 9.53 Å². The van der Waals surface area contributed by atoms with Gasteiger partial charge in [-0.2, -0.15) is 0 Å². The Labute approximate surface area is 116 Å². The van der Waals surface area contributed by atoms with Crippen molar-refractivity contribution in [1.82, 2.24) is 5.32 Å². The minimum absolute atomic E-state index is 0.202. The summed E-state index contributed by atoms with van der Waals surface area (Å²) in [6.45, 7) is 1.63. The van der Waals surface area contributed by atoms with E-state index in [9.17, 15) is 4.79 Å². The van der Waals surface area contributed by atoms with E-state index in [4.69, 9.17) is 10.5 Å². The van der Waals surface area contributed by atoms with E-state index in [1.807, 2.05) is 7.05 Å². The molecule has 2 unspecified atom stereocenters. The zero-order valence-corrected chi connectivity index (χ0v) is 12.1. The predicted molar refractivity (Wildman–Crippen MR) is 75.7 cm³/mol. The maximum Gasteiger partial charge on any atom is 0.238 e. The Kier molecular flexibility index (Phi) is 5.22. The molecule has 0 aromatic carbocycles. The molecule has 1 amide bonds. The Balaban J connectivity index is 1.67. The second-order valence-corrected chi connectivity index (χ2v) is 6.16. The Morgan fingerprint density at radius 1 is 1.26 bits per heavy atom. The van der Waals surface area contributed by atoms with Crippen molar-refractivity contribution in [1.29, 1.82) is 0 Å². The lowest BCUT2D eigenvalue weighted by Crippen LogP contribution is -2.56. The van der Waals surface area contributed by atoms with Crippen molar-refractivity contribution in [3.8, 4) is 0 Å². The molecule has 2 aliphatic carbocycles. The van der Waals surface area contributed by atoms with Crippen molar-refractivity contribution in [3.63, 3.8) is 0 Å². The van der Waals surface area contributed by atoms with E-state index in [-0.39, 0.29) is 5.91 Å². The van der Waals surface area contributed by atoms with Gasteiger partial charge in [-0.3, -0.25) is 4.79 Å². The number of likely N-dealkylation sites (N-methyl/N-ethyl adjacent to an activating group) is 1. The number of carbonyl (C=O) groups is 1. The monoisotopic (exact) mass is 268 g/mol. The molecule has 2 saturated carbocycles. The number of primary amides is 1. The minimum atomic E-state index is -0.489. The summed E-state index contributed by atoms with van der Waals surface area (Å²) in [6, 6.07) is 0. The molecule has 0 bridgehead atoms. The molecule has 19 heavy (non-hydrogen) atoms. The highest BCUT2D eigenvalue weighted by atomic mass is 16.5. The van der Waals surface area contributed by atoms with E-state index in [1.165, 1.54) is 25.7 Å². The van der Waals surface area contributed by atoms with Crippen molar-refractivity contribution in [2.45, 2.75) is 56.9 Å². The molecule has 2 aliphatic rings. The van der Waals surface area contributed by atoms with Crippen molar-refractivity contribution in [2.75, 3.05) is 20.3 Å². The molecular weight excluding hydrogens is 240 g/mol. The number of nitrogens with one attached hydrogen (secondary N) is 1. The topological polar surface area (TPSA) is 64.3 Å². The molecule has 2 fully saturated rings. The molecule has 110 valence electrons. The van der Waals surface area contributed by atoms with Gasteiger partial charge in [-0.1, -0.05) is 25.7 Å². The van der Waals surface area contributed by atoms with Gasteiger partial charge in [0.15, 0.2) is 0 Å². The van der Waals surface area contributed by atoms with Gasteiger partial charge in [0.05, 0.1) is 0 Å².